The number of amides is 1. The Kier molecular flexibility index (Phi) is 41.8. The van der Waals surface area contributed by atoms with Gasteiger partial charge in [-0.2, -0.15) is 0 Å². The molecule has 0 aromatic rings. The van der Waals surface area contributed by atoms with Crippen molar-refractivity contribution >= 4 is 5.91 Å². The van der Waals surface area contributed by atoms with E-state index in [1.165, 1.54) is 51.4 Å². The lowest BCUT2D eigenvalue weighted by Crippen LogP contribution is -2.66. The standard InChI is InChI=1S/C65H109NO18/c1-3-5-7-9-11-13-15-17-18-19-20-21-22-23-24-25-26-27-28-29-30-31-33-35-37-39-41-43-53(71)66-48(49(70)42-40-38-36-34-32-16-14-12-10-8-6-4-2)47-79-63-59(77)56(74)61(51(45-68)81-63)84-65-60(78)57(75)62(52(46-69)82-65)83-64-58(76)55(73)54(72)50(44-67)80-64/h5,7,10-13,17-18,20-21,23-24,32,34,40,42,48-52,54-65,67-70,72-78H,3-4,6,8-9,14-16,19,22,25-31,33,35-39,41,43-47H2,1-2H3,(H,66,71)/b7-5-,12-10+,13-11-,18-17-,21-20-,24-23-,34-32+,42-40+. The van der Waals surface area contributed by atoms with Crippen molar-refractivity contribution in [2.45, 2.75) is 279 Å². The first-order valence-electron chi connectivity index (χ1n) is 31.5. The zero-order valence-corrected chi connectivity index (χ0v) is 50.3. The molecular formula is C65H109NO18. The highest BCUT2D eigenvalue weighted by Crippen LogP contribution is 2.33. The van der Waals surface area contributed by atoms with E-state index in [1.807, 2.05) is 6.08 Å². The second-order valence-corrected chi connectivity index (χ2v) is 22.1. The molecule has 3 fully saturated rings. The Morgan fingerprint density at radius 1 is 0.440 bits per heavy atom. The second kappa shape index (κ2) is 46.8. The average Bonchev–Trinajstić information content (AvgIpc) is 2.98. The maximum Gasteiger partial charge on any atom is 0.220 e. The molecule has 17 unspecified atom stereocenters. The van der Waals surface area contributed by atoms with Crippen molar-refractivity contribution < 1.29 is 89.4 Å². The molecular weight excluding hydrogens is 1080 g/mol. The van der Waals surface area contributed by atoms with Gasteiger partial charge < -0.3 is 89.9 Å². The summed E-state index contributed by atoms with van der Waals surface area (Å²) in [6.45, 7) is 1.50. The third kappa shape index (κ3) is 29.6. The highest BCUT2D eigenvalue weighted by Gasteiger charge is 2.53. The molecule has 0 saturated carbocycles. The van der Waals surface area contributed by atoms with E-state index in [0.29, 0.717) is 12.8 Å². The van der Waals surface area contributed by atoms with Crippen molar-refractivity contribution in [3.05, 3.63) is 97.2 Å². The van der Waals surface area contributed by atoms with Gasteiger partial charge in [0, 0.05) is 6.42 Å². The molecule has 0 radical (unpaired) electrons. The van der Waals surface area contributed by atoms with E-state index in [0.717, 1.165) is 89.9 Å². The van der Waals surface area contributed by atoms with Crippen LogP contribution in [0.5, 0.6) is 0 Å². The van der Waals surface area contributed by atoms with Gasteiger partial charge in [0.05, 0.1) is 38.6 Å². The summed E-state index contributed by atoms with van der Waals surface area (Å²) < 4.78 is 34.2. The van der Waals surface area contributed by atoms with Gasteiger partial charge in [-0.3, -0.25) is 4.79 Å². The molecule has 3 aliphatic rings. The van der Waals surface area contributed by atoms with Crippen LogP contribution in [0.15, 0.2) is 97.2 Å². The molecule has 482 valence electrons. The van der Waals surface area contributed by atoms with Gasteiger partial charge in [-0.25, -0.2) is 0 Å². The predicted octanol–water partition coefficient (Wildman–Crippen LogP) is 6.54. The van der Waals surface area contributed by atoms with E-state index in [9.17, 15) is 61.0 Å². The molecule has 19 heteroatoms. The fraction of sp³-hybridized carbons (Fsp3) is 0.738. The number of aliphatic hydroxyl groups is 11. The van der Waals surface area contributed by atoms with Gasteiger partial charge in [0.15, 0.2) is 18.9 Å². The number of nitrogens with one attached hydrogen (secondary N) is 1. The summed E-state index contributed by atoms with van der Waals surface area (Å²) >= 11 is 0. The summed E-state index contributed by atoms with van der Waals surface area (Å²) in [5.41, 5.74) is 0. The van der Waals surface area contributed by atoms with Gasteiger partial charge in [0.25, 0.3) is 0 Å². The van der Waals surface area contributed by atoms with E-state index in [-0.39, 0.29) is 18.9 Å². The Hall–Kier alpha value is -3.29. The summed E-state index contributed by atoms with van der Waals surface area (Å²) in [5.74, 6) is -0.300. The van der Waals surface area contributed by atoms with E-state index in [4.69, 9.17) is 28.4 Å². The minimum Gasteiger partial charge on any atom is -0.394 e. The maximum absolute atomic E-state index is 13.3. The SMILES string of the molecule is CC/C=C\C/C=C\C/C=C\C/C=C\C/C=C\CCCCCCCCCCCCCC(=O)NC(COC1OC(CO)C(OC2OC(CO)C(OC3OC(CO)C(O)C(O)C3O)C(O)C2O)C(O)C1O)C(O)/C=C/CC/C=C/CC/C=C/CCCC. The van der Waals surface area contributed by atoms with Crippen LogP contribution in [-0.4, -0.2) is 193 Å². The quantitative estimate of drug-likeness (QED) is 0.0228. The smallest absolute Gasteiger partial charge is 0.220 e. The Labute approximate surface area is 501 Å². The summed E-state index contributed by atoms with van der Waals surface area (Å²) in [4.78, 5) is 13.3. The molecule has 0 aromatic heterocycles. The van der Waals surface area contributed by atoms with Gasteiger partial charge in [0.1, 0.15) is 73.2 Å². The zero-order chi connectivity index (χ0) is 61.2. The molecule has 0 aliphatic carbocycles. The van der Waals surface area contributed by atoms with Crippen LogP contribution in [0.4, 0.5) is 0 Å². The Bertz CT molecular complexity index is 1910. The Balaban J connectivity index is 1.44. The topological polar surface area (TPSA) is 307 Å². The van der Waals surface area contributed by atoms with Gasteiger partial charge in [-0.1, -0.05) is 182 Å². The van der Waals surface area contributed by atoms with Gasteiger partial charge in [-0.15, -0.1) is 0 Å². The van der Waals surface area contributed by atoms with Crippen LogP contribution in [-0.2, 0) is 33.2 Å². The third-order valence-electron chi connectivity index (χ3n) is 15.1. The first-order valence-corrected chi connectivity index (χ1v) is 31.5. The highest BCUT2D eigenvalue weighted by molar-refractivity contribution is 5.76. The number of allylic oxidation sites excluding steroid dienone is 15. The number of hydrogen-bond donors (Lipinski definition) is 12. The first kappa shape index (κ1) is 75.0. The summed E-state index contributed by atoms with van der Waals surface area (Å²) in [5, 5.41) is 120. The van der Waals surface area contributed by atoms with Crippen LogP contribution in [0, 0.1) is 0 Å². The number of carbonyl (C=O) groups is 1. The molecule has 84 heavy (non-hydrogen) atoms. The highest BCUT2D eigenvalue weighted by atomic mass is 16.8. The van der Waals surface area contributed by atoms with Gasteiger partial charge in [-0.05, 0) is 83.5 Å². The monoisotopic (exact) mass is 1190 g/mol. The molecule has 0 bridgehead atoms. The molecule has 3 aliphatic heterocycles. The fourth-order valence-electron chi connectivity index (χ4n) is 9.94. The fourth-order valence-corrected chi connectivity index (χ4v) is 9.94. The van der Waals surface area contributed by atoms with Crippen molar-refractivity contribution in [3.63, 3.8) is 0 Å². The van der Waals surface area contributed by atoms with Crippen LogP contribution < -0.4 is 5.32 Å². The molecule has 0 aromatic carbocycles. The van der Waals surface area contributed by atoms with Crippen LogP contribution in [0.25, 0.3) is 0 Å². The van der Waals surface area contributed by atoms with Gasteiger partial charge >= 0.3 is 0 Å². The molecule has 0 spiro atoms. The van der Waals surface area contributed by atoms with Crippen LogP contribution in [0.3, 0.4) is 0 Å². The number of carbonyl (C=O) groups excluding carboxylic acids is 1. The van der Waals surface area contributed by atoms with E-state index < -0.39 is 124 Å². The van der Waals surface area contributed by atoms with Crippen molar-refractivity contribution in [2.24, 2.45) is 0 Å². The molecule has 19 nitrogen and oxygen atoms in total. The number of aliphatic hydroxyl groups excluding tert-OH is 11. The van der Waals surface area contributed by atoms with Crippen LogP contribution >= 0.6 is 0 Å². The zero-order valence-electron chi connectivity index (χ0n) is 50.3. The minimum atomic E-state index is -1.99. The third-order valence-corrected chi connectivity index (χ3v) is 15.1. The second-order valence-electron chi connectivity index (χ2n) is 22.1. The van der Waals surface area contributed by atoms with E-state index in [2.05, 4.69) is 104 Å². The summed E-state index contributed by atoms with van der Waals surface area (Å²) in [6, 6.07) is -1.00. The molecule has 3 heterocycles. The van der Waals surface area contributed by atoms with E-state index >= 15 is 0 Å². The Morgan fingerprint density at radius 3 is 1.33 bits per heavy atom. The molecule has 1 amide bonds. The van der Waals surface area contributed by atoms with Crippen molar-refractivity contribution in [2.75, 3.05) is 26.4 Å². The van der Waals surface area contributed by atoms with Crippen molar-refractivity contribution in [1.82, 2.24) is 5.32 Å². The first-order chi connectivity index (χ1) is 40.8. The van der Waals surface area contributed by atoms with Crippen LogP contribution in [0.1, 0.15) is 174 Å². The number of unbranched alkanes of at least 4 members (excludes halogenated alkanes) is 15. The lowest BCUT2D eigenvalue weighted by atomic mass is 9.96. The lowest BCUT2D eigenvalue weighted by molar-refractivity contribution is -0.379. The summed E-state index contributed by atoms with van der Waals surface area (Å²) in [6.07, 6.45) is 32.5. The van der Waals surface area contributed by atoms with Gasteiger partial charge in [0.2, 0.25) is 5.91 Å². The molecule has 3 saturated heterocycles. The minimum absolute atomic E-state index is 0.222. The maximum atomic E-state index is 13.3. The summed E-state index contributed by atoms with van der Waals surface area (Å²) in [7, 11) is 0. The largest absolute Gasteiger partial charge is 0.394 e. The average molecular weight is 1190 g/mol. The van der Waals surface area contributed by atoms with Crippen molar-refractivity contribution in [1.29, 1.82) is 0 Å². The normalized spacial score (nSPS) is 29.8. The molecule has 17 atom stereocenters. The molecule has 3 rings (SSSR count). The van der Waals surface area contributed by atoms with Crippen molar-refractivity contribution in [3.8, 4) is 0 Å². The predicted molar refractivity (Wildman–Crippen MR) is 323 cm³/mol. The number of hydrogen-bond acceptors (Lipinski definition) is 18. The number of ether oxygens (including phenoxy) is 6. The van der Waals surface area contributed by atoms with E-state index in [1.54, 1.807) is 6.08 Å². The van der Waals surface area contributed by atoms with Crippen LogP contribution in [0.2, 0.25) is 0 Å². The Morgan fingerprint density at radius 2 is 0.833 bits per heavy atom. The lowest BCUT2D eigenvalue weighted by Gasteiger charge is -2.48. The number of rotatable bonds is 45. The molecule has 12 N–H and O–H groups in total.